The molecule has 0 aliphatic heterocycles. The maximum atomic E-state index is 12.6. The molecule has 5 heteroatoms. The zero-order valence-electron chi connectivity index (χ0n) is 14.5. The number of nitrogens with one attached hydrogen (secondary N) is 2. The molecular weight excluding hydrogens is 302 g/mol. The van der Waals surface area contributed by atoms with Gasteiger partial charge in [0.1, 0.15) is 5.54 Å². The van der Waals surface area contributed by atoms with Crippen molar-refractivity contribution in [3.63, 3.8) is 0 Å². The van der Waals surface area contributed by atoms with Crippen molar-refractivity contribution in [2.24, 2.45) is 5.73 Å². The van der Waals surface area contributed by atoms with Crippen molar-refractivity contribution < 1.29 is 9.59 Å². The zero-order chi connectivity index (χ0) is 17.4. The third kappa shape index (κ3) is 4.81. The first-order valence-corrected chi connectivity index (χ1v) is 8.97. The molecule has 2 rings (SSSR count). The number of carbonyl (C=O) groups excluding carboxylic acids is 2. The number of amides is 2. The van der Waals surface area contributed by atoms with E-state index in [4.69, 9.17) is 5.73 Å². The van der Waals surface area contributed by atoms with E-state index >= 15 is 0 Å². The quantitative estimate of drug-likeness (QED) is 0.717. The summed E-state index contributed by atoms with van der Waals surface area (Å²) >= 11 is 0. The molecule has 2 amide bonds. The Morgan fingerprint density at radius 3 is 2.46 bits per heavy atom. The average Bonchev–Trinajstić information content (AvgIpc) is 2.61. The van der Waals surface area contributed by atoms with Gasteiger partial charge in [0.15, 0.2) is 0 Å². The molecule has 1 fully saturated rings. The summed E-state index contributed by atoms with van der Waals surface area (Å²) in [7, 11) is 0. The van der Waals surface area contributed by atoms with E-state index in [-0.39, 0.29) is 24.3 Å². The number of carbonyl (C=O) groups is 2. The van der Waals surface area contributed by atoms with Crippen LogP contribution in [0.15, 0.2) is 30.3 Å². The third-order valence-corrected chi connectivity index (χ3v) is 4.69. The maximum absolute atomic E-state index is 12.6. The number of rotatable bonds is 7. The molecule has 132 valence electrons. The number of hydrogen-bond acceptors (Lipinski definition) is 3. The Morgan fingerprint density at radius 2 is 1.83 bits per heavy atom. The lowest BCUT2D eigenvalue weighted by molar-refractivity contribution is -0.135. The lowest BCUT2D eigenvalue weighted by Gasteiger charge is -2.37. The van der Waals surface area contributed by atoms with Crippen LogP contribution in [0.3, 0.4) is 0 Å². The highest BCUT2D eigenvalue weighted by Gasteiger charge is 2.40. The summed E-state index contributed by atoms with van der Waals surface area (Å²) in [6, 6.07) is 9.23. The van der Waals surface area contributed by atoms with E-state index in [1.807, 2.05) is 37.3 Å². The van der Waals surface area contributed by atoms with Gasteiger partial charge in [-0.25, -0.2) is 0 Å². The molecule has 1 aromatic carbocycles. The Bertz CT molecular complexity index is 539. The Hall–Kier alpha value is -1.88. The van der Waals surface area contributed by atoms with Crippen molar-refractivity contribution in [2.75, 3.05) is 6.54 Å². The number of nitrogens with two attached hydrogens (primary N) is 1. The Morgan fingerprint density at radius 1 is 1.17 bits per heavy atom. The molecule has 1 unspecified atom stereocenters. The van der Waals surface area contributed by atoms with Gasteiger partial charge in [0.2, 0.25) is 11.8 Å². The van der Waals surface area contributed by atoms with Gasteiger partial charge >= 0.3 is 0 Å². The molecule has 1 aliphatic rings. The van der Waals surface area contributed by atoms with Crippen LogP contribution in [0.5, 0.6) is 0 Å². The minimum atomic E-state index is -0.763. The predicted molar refractivity (Wildman–Crippen MR) is 95.2 cm³/mol. The second kappa shape index (κ2) is 8.83. The maximum Gasteiger partial charge on any atom is 0.245 e. The van der Waals surface area contributed by atoms with Gasteiger partial charge in [-0.2, -0.15) is 0 Å². The second-order valence-corrected chi connectivity index (χ2v) is 6.67. The highest BCUT2D eigenvalue weighted by Crippen LogP contribution is 2.29. The van der Waals surface area contributed by atoms with Gasteiger partial charge in [-0.3, -0.25) is 9.59 Å². The summed E-state index contributed by atoms with van der Waals surface area (Å²) in [4.78, 5) is 25.1. The molecule has 0 aromatic heterocycles. The van der Waals surface area contributed by atoms with E-state index in [2.05, 4.69) is 10.6 Å². The van der Waals surface area contributed by atoms with Gasteiger partial charge in [0.05, 0.1) is 0 Å². The molecule has 1 aromatic rings. The summed E-state index contributed by atoms with van der Waals surface area (Å²) in [6.45, 7) is 2.66. The van der Waals surface area contributed by atoms with Crippen LogP contribution in [0.2, 0.25) is 0 Å². The fourth-order valence-electron chi connectivity index (χ4n) is 3.31. The van der Waals surface area contributed by atoms with E-state index in [1.165, 1.54) is 0 Å². The molecular formula is C19H29N3O2. The fourth-order valence-corrected chi connectivity index (χ4v) is 3.31. The molecule has 5 nitrogen and oxygen atoms in total. The van der Waals surface area contributed by atoms with Crippen molar-refractivity contribution in [3.8, 4) is 0 Å². The lowest BCUT2D eigenvalue weighted by Crippen LogP contribution is -2.60. The Kier molecular flexibility index (Phi) is 6.79. The summed E-state index contributed by atoms with van der Waals surface area (Å²) < 4.78 is 0. The summed E-state index contributed by atoms with van der Waals surface area (Å²) in [6.07, 6.45) is 5.52. The second-order valence-electron chi connectivity index (χ2n) is 6.67. The van der Waals surface area contributed by atoms with Crippen LogP contribution in [0.25, 0.3) is 0 Å². The van der Waals surface area contributed by atoms with Crippen molar-refractivity contribution in [3.05, 3.63) is 35.9 Å². The van der Waals surface area contributed by atoms with Crippen LogP contribution >= 0.6 is 0 Å². The van der Waals surface area contributed by atoms with Gasteiger partial charge in [-0.15, -0.1) is 0 Å². The Balaban J connectivity index is 2.00. The summed E-state index contributed by atoms with van der Waals surface area (Å²) in [5.41, 5.74) is 6.31. The third-order valence-electron chi connectivity index (χ3n) is 4.69. The molecule has 0 spiro atoms. The molecule has 0 saturated heterocycles. The highest BCUT2D eigenvalue weighted by molar-refractivity contribution is 5.91. The van der Waals surface area contributed by atoms with Crippen LogP contribution < -0.4 is 16.4 Å². The minimum Gasteiger partial charge on any atom is -0.354 e. The first-order chi connectivity index (χ1) is 11.6. The smallest absolute Gasteiger partial charge is 0.245 e. The van der Waals surface area contributed by atoms with Crippen LogP contribution in [-0.4, -0.2) is 23.9 Å². The van der Waals surface area contributed by atoms with E-state index in [1.54, 1.807) is 0 Å². The van der Waals surface area contributed by atoms with Crippen LogP contribution in [-0.2, 0) is 9.59 Å². The monoisotopic (exact) mass is 331 g/mol. The van der Waals surface area contributed by atoms with E-state index in [0.29, 0.717) is 19.4 Å². The largest absolute Gasteiger partial charge is 0.354 e. The standard InChI is InChI=1S/C19H29N3O2/c1-2-13-21-18(24)19(11-7-4-8-12-19)22-17(23)14-16(20)15-9-5-3-6-10-15/h3,5-6,9-10,16H,2,4,7-8,11-14,20H2,1H3,(H,21,24)(H,22,23). The topological polar surface area (TPSA) is 84.2 Å². The van der Waals surface area contributed by atoms with Crippen LogP contribution in [0.1, 0.15) is 63.5 Å². The fraction of sp³-hybridized carbons (Fsp3) is 0.579. The normalized spacial score (nSPS) is 17.8. The van der Waals surface area contributed by atoms with Crippen molar-refractivity contribution in [2.45, 2.75) is 63.5 Å². The zero-order valence-corrected chi connectivity index (χ0v) is 14.5. The molecule has 0 bridgehead atoms. The molecule has 1 saturated carbocycles. The van der Waals surface area contributed by atoms with Crippen molar-refractivity contribution in [1.82, 2.24) is 10.6 Å². The van der Waals surface area contributed by atoms with Crippen LogP contribution in [0, 0.1) is 0 Å². The average molecular weight is 331 g/mol. The Labute approximate surface area is 144 Å². The first kappa shape index (κ1) is 18.5. The molecule has 0 radical (unpaired) electrons. The van der Waals surface area contributed by atoms with E-state index < -0.39 is 5.54 Å². The summed E-state index contributed by atoms with van der Waals surface area (Å²) in [5, 5.41) is 5.96. The van der Waals surface area contributed by atoms with E-state index in [9.17, 15) is 9.59 Å². The van der Waals surface area contributed by atoms with Gasteiger partial charge in [-0.1, -0.05) is 56.5 Å². The van der Waals surface area contributed by atoms with Crippen molar-refractivity contribution >= 4 is 11.8 Å². The number of benzene rings is 1. The SMILES string of the molecule is CCCNC(=O)C1(NC(=O)CC(N)c2ccccc2)CCCCC1. The summed E-state index contributed by atoms with van der Waals surface area (Å²) in [5.74, 6) is -0.203. The molecule has 1 aliphatic carbocycles. The molecule has 24 heavy (non-hydrogen) atoms. The molecule has 1 atom stereocenters. The van der Waals surface area contributed by atoms with Gasteiger partial charge in [0, 0.05) is 19.0 Å². The van der Waals surface area contributed by atoms with E-state index in [0.717, 1.165) is 31.2 Å². The minimum absolute atomic E-state index is 0.0503. The van der Waals surface area contributed by atoms with Gasteiger partial charge in [-0.05, 0) is 24.8 Å². The lowest BCUT2D eigenvalue weighted by atomic mass is 9.80. The van der Waals surface area contributed by atoms with Crippen LogP contribution in [0.4, 0.5) is 0 Å². The van der Waals surface area contributed by atoms with Gasteiger partial charge < -0.3 is 16.4 Å². The van der Waals surface area contributed by atoms with Crippen molar-refractivity contribution in [1.29, 1.82) is 0 Å². The molecule has 4 N–H and O–H groups in total. The van der Waals surface area contributed by atoms with Gasteiger partial charge in [0.25, 0.3) is 0 Å². The number of hydrogen-bond donors (Lipinski definition) is 3. The first-order valence-electron chi connectivity index (χ1n) is 8.97. The highest BCUT2D eigenvalue weighted by atomic mass is 16.2. The molecule has 0 heterocycles. The predicted octanol–water partition coefficient (Wildman–Crippen LogP) is 2.42.